The number of fused-ring (bicyclic) bond motifs is 6. The molecule has 0 unspecified atom stereocenters. The number of aryl methyl sites for hydroxylation is 7. The molecule has 13 heterocycles. The third kappa shape index (κ3) is 30.1. The number of nitrogens with zero attached hydrogens (tertiary/aromatic N) is 16. The number of ether oxygens (including phenoxy) is 2. The van der Waals surface area contributed by atoms with Gasteiger partial charge in [0.15, 0.2) is 0 Å². The van der Waals surface area contributed by atoms with Crippen molar-refractivity contribution in [3.05, 3.63) is 404 Å². The van der Waals surface area contributed by atoms with Crippen molar-refractivity contribution in [1.82, 2.24) is 71.5 Å². The van der Waals surface area contributed by atoms with Gasteiger partial charge in [0.2, 0.25) is 5.91 Å². The SMILES string of the molecule is C/C(=C\c1ncc(Br)cc1[N+](=O)[O-])N(C)C.CC1=Cc2ncc(Br)cc2C1.COC(C)(OC)N(C)C.Cc1cc2ncc(-c3cn(C)c(=O)c4[nH]ccc34)cc2n1Cc1c(Cl)cccc1Cl.Cc1cc2ncc(Br)cc2n1Cc1c(Cl)cccc1Cl.Cc1ccc(S(=O)(=O)n2ccc3c(-c4cnc5cc(C)n(Cc6c(Cl)cccc6Cl)c5c4)cn(C)c(=O)c32)cc1.Cc1ncc(Br)cc1[N+](=O)[O-].Clc1cccc(Cl)c1CBr.[Fe].[Na+].[OH-]. The Bertz CT molecular complexity index is 8250. The number of nitrogens with one attached hydrogen (secondary N) is 1. The van der Waals surface area contributed by atoms with Crippen molar-refractivity contribution in [2.45, 2.75) is 97.6 Å². The zero-order valence-electron chi connectivity index (χ0n) is 83.9. The van der Waals surface area contributed by atoms with Crippen LogP contribution in [0.1, 0.15) is 88.3 Å². The Kier molecular flexibility index (Phi) is 45.7. The molecule has 150 heavy (non-hydrogen) atoms. The van der Waals surface area contributed by atoms with Gasteiger partial charge in [0, 0.05) is 276 Å². The summed E-state index contributed by atoms with van der Waals surface area (Å²) in [6, 6.07) is 49.4. The summed E-state index contributed by atoms with van der Waals surface area (Å²) in [5.74, 6) is -0.583. The number of alkyl halides is 1. The normalized spacial score (nSPS) is 11.4. The summed E-state index contributed by atoms with van der Waals surface area (Å²) in [4.78, 5) is 78.8. The fourth-order valence-corrected chi connectivity index (χ4v) is 21.1. The van der Waals surface area contributed by atoms with Crippen LogP contribution >= 0.6 is 172 Å². The molecule has 0 amide bonds. The van der Waals surface area contributed by atoms with E-state index in [1.807, 2.05) is 182 Å². The number of rotatable bonds is 18. The molecule has 1 aliphatic carbocycles. The van der Waals surface area contributed by atoms with Gasteiger partial charge in [-0.1, -0.05) is 156 Å². The van der Waals surface area contributed by atoms with Gasteiger partial charge in [-0.05, 0) is 271 Å². The molecule has 0 radical (unpaired) electrons. The average Bonchev–Trinajstić information content (AvgIpc) is 1.57. The first-order valence-electron chi connectivity index (χ1n) is 44.7. The predicted octanol–water partition coefficient (Wildman–Crippen LogP) is 26.3. The molecule has 0 bridgehead atoms. The van der Waals surface area contributed by atoms with Gasteiger partial charge in [-0.2, -0.15) is 0 Å². The van der Waals surface area contributed by atoms with Crippen molar-refractivity contribution in [1.29, 1.82) is 0 Å². The van der Waals surface area contributed by atoms with E-state index in [9.17, 15) is 38.2 Å². The fraction of sp³-hybridized carbons (Fsp3) is 0.208. The van der Waals surface area contributed by atoms with Crippen molar-refractivity contribution in [2.75, 3.05) is 42.4 Å². The van der Waals surface area contributed by atoms with Gasteiger partial charge in [0.1, 0.15) is 22.4 Å². The predicted molar refractivity (Wildman–Crippen MR) is 616 cm³/mol. The Hall–Kier alpha value is -9.29. The van der Waals surface area contributed by atoms with Crippen LogP contribution in [-0.4, -0.2) is 144 Å². The number of hydrogen-bond donors (Lipinski definition) is 1. The molecule has 780 valence electrons. The van der Waals surface area contributed by atoms with Crippen LogP contribution in [0.3, 0.4) is 0 Å². The monoisotopic (exact) mass is 2570 g/mol. The van der Waals surface area contributed by atoms with Crippen LogP contribution in [0.5, 0.6) is 0 Å². The van der Waals surface area contributed by atoms with Crippen LogP contribution in [0.15, 0.2) is 269 Å². The first kappa shape index (κ1) is 124. The molecule has 0 atom stereocenters. The van der Waals surface area contributed by atoms with E-state index in [-0.39, 0.29) is 79.4 Å². The van der Waals surface area contributed by atoms with Gasteiger partial charge in [0.25, 0.3) is 32.5 Å². The summed E-state index contributed by atoms with van der Waals surface area (Å²) in [6.07, 6.45) is 22.0. The summed E-state index contributed by atoms with van der Waals surface area (Å²) in [5, 5.41) is 28.5. The van der Waals surface area contributed by atoms with Crippen LogP contribution in [0.4, 0.5) is 11.4 Å². The Morgan fingerprint density at radius 1 is 0.527 bits per heavy atom. The molecule has 44 heteroatoms. The first-order valence-corrected chi connectivity index (χ1v) is 53.4. The van der Waals surface area contributed by atoms with E-state index in [4.69, 9.17) is 107 Å². The second kappa shape index (κ2) is 55.2. The molecule has 13 aromatic heterocycles. The minimum absolute atomic E-state index is 0. The van der Waals surface area contributed by atoms with Gasteiger partial charge in [-0.3, -0.25) is 59.6 Å². The molecule has 0 saturated heterocycles. The molecule has 28 nitrogen and oxygen atoms in total. The van der Waals surface area contributed by atoms with Gasteiger partial charge in [0.05, 0.1) is 73.2 Å². The van der Waals surface area contributed by atoms with E-state index in [0.717, 1.165) is 131 Å². The molecular formula is C106H99Br5Cl8FeN17NaO11S. The molecule has 19 rings (SSSR count). The molecule has 0 fully saturated rings. The molecule has 5 aromatic carbocycles. The average molecular weight is 2580 g/mol. The molecule has 2 N–H and O–H groups in total. The summed E-state index contributed by atoms with van der Waals surface area (Å²) < 4.78 is 50.9. The zero-order valence-corrected chi connectivity index (χ0v) is 102. The van der Waals surface area contributed by atoms with Crippen molar-refractivity contribution >= 4 is 261 Å². The summed E-state index contributed by atoms with van der Waals surface area (Å²) in [7, 11) is 10.1. The third-order valence-corrected chi connectivity index (χ3v) is 30.8. The molecule has 0 aliphatic heterocycles. The molecule has 0 spiro atoms. The number of hydrogen-bond acceptors (Lipinski definition) is 19. The van der Waals surface area contributed by atoms with Crippen LogP contribution in [0.25, 0.3) is 89.3 Å². The summed E-state index contributed by atoms with van der Waals surface area (Å²) in [5.41, 5.74) is 22.3. The second-order valence-corrected chi connectivity index (χ2v) is 43.6. The van der Waals surface area contributed by atoms with Gasteiger partial charge >= 0.3 is 29.6 Å². The van der Waals surface area contributed by atoms with E-state index in [2.05, 4.69) is 174 Å². The number of H-pyrrole nitrogens is 1. The quantitative estimate of drug-likeness (QED) is 0.0274. The van der Waals surface area contributed by atoms with E-state index in [0.29, 0.717) is 102 Å². The number of nitro groups is 2. The number of aromatic amines is 1. The fourth-order valence-electron chi connectivity index (χ4n) is 15.4. The molecule has 1 aliphatic rings. The van der Waals surface area contributed by atoms with Crippen molar-refractivity contribution < 1.29 is 79.8 Å². The number of allylic oxidation sites excluding steroid dienone is 2. The maximum Gasteiger partial charge on any atom is 1.00 e. The van der Waals surface area contributed by atoms with E-state index >= 15 is 0 Å². The van der Waals surface area contributed by atoms with Crippen molar-refractivity contribution in [3.8, 4) is 22.3 Å². The van der Waals surface area contributed by atoms with E-state index in [1.54, 1.807) is 107 Å². The standard InChI is InChI=1S/C30H24Cl2N4O3S.C23H18Cl2N4O.C15H11BrCl2N2.C10H12BrN3O2.C9H8BrN.C7H5BrCl2.C6H5BrN2O2.C6H15NO2.Fe.Na.H2O/c1-18-7-9-21(10-8-18)40(38,39)36-12-11-22-23(16-34(3)30(37)29(22)36)20-14-28-27(33-15-20)13-19(2)35(28)17-24-25(31)5-4-6-26(24)32;1-13-8-20-21(29(13)12-17-18(24)4-3-5-19(17)25)9-14(10-27-20)16-11-28(2)23(30)22-15(16)6-7-26-22;1-9-5-14-15(6-10(16)7-19-14)20(9)8-11-12(17)3-2-4-13(11)18;1-7(13(2)3)4-9-10(14(15)16)5-8(11)6-12-9;1-6-2-7-4-8(10)5-11-9(7)3-6;8-4-5-6(9)2-1-3-7(5)10;1-4-6(9(10)11)2-5(7)3-8-4;1-6(8-4,9-5)7(2)3;;;/h4-16H,17H2,1-3H3;3-11,26H,12H2,1-2H3;2-7H,8H2,1H3;4-6H,1-3H3;3-5H,2H2,1H3;1-3H,4H2;2-3H,1H3;1-5H3;;;1H2/q;;;;;;;;;+1;/p-1/b;;;7-4+;;;;;;;. The summed E-state index contributed by atoms with van der Waals surface area (Å²) in [6.45, 7) is 17.1. The largest absolute Gasteiger partial charge is 1.00 e. The maximum absolute atomic E-state index is 13.6. The van der Waals surface area contributed by atoms with E-state index < -0.39 is 31.3 Å². The van der Waals surface area contributed by atoms with Gasteiger partial charge < -0.3 is 47.7 Å². The van der Waals surface area contributed by atoms with Crippen molar-refractivity contribution in [2.24, 2.45) is 14.1 Å². The number of halogens is 13. The van der Waals surface area contributed by atoms with Crippen molar-refractivity contribution in [3.63, 3.8) is 0 Å². The first-order chi connectivity index (χ1) is 69.6. The second-order valence-electron chi connectivity index (χ2n) is 34.3. The number of pyridine rings is 8. The number of methoxy groups -OCH3 is 2. The third-order valence-electron chi connectivity index (χ3n) is 24.0. The van der Waals surface area contributed by atoms with E-state index in [1.165, 1.54) is 40.2 Å². The molecular weight excluding hydrogens is 2480 g/mol. The topological polar surface area (TPSA) is 332 Å². The van der Waals surface area contributed by atoms with Gasteiger partial charge in [-0.15, -0.1) is 0 Å². The van der Waals surface area contributed by atoms with Gasteiger partial charge in [-0.25, -0.2) is 17.4 Å². The Labute approximate surface area is 981 Å². The van der Waals surface area contributed by atoms with Crippen LogP contribution in [0.2, 0.25) is 40.2 Å². The minimum atomic E-state index is -4.00. The number of benzene rings is 5. The molecule has 18 aromatic rings. The maximum atomic E-state index is 13.6. The van der Waals surface area contributed by atoms with Crippen LogP contribution in [0, 0.1) is 54.8 Å². The smallest absolute Gasteiger partial charge is 0.870 e. The van der Waals surface area contributed by atoms with Crippen LogP contribution < -0.4 is 40.7 Å². The van der Waals surface area contributed by atoms with Crippen LogP contribution in [-0.2, 0) is 82.0 Å². The Morgan fingerprint density at radius 2 is 0.927 bits per heavy atom. The minimum Gasteiger partial charge on any atom is -0.870 e. The summed E-state index contributed by atoms with van der Waals surface area (Å²) >= 11 is 66.3. The molecule has 0 saturated carbocycles. The Morgan fingerprint density at radius 3 is 1.35 bits per heavy atom. The Balaban J connectivity index is 0.000000201. The zero-order chi connectivity index (χ0) is 107. The number of aromatic nitrogens is 13.